The smallest absolute Gasteiger partial charge is 0.338 e. The summed E-state index contributed by atoms with van der Waals surface area (Å²) in [4.78, 5) is 37.4. The Morgan fingerprint density at radius 3 is 2.17 bits per heavy atom. The zero-order valence-electron chi connectivity index (χ0n) is 16.9. The van der Waals surface area contributed by atoms with Crippen LogP contribution in [0.2, 0.25) is 5.02 Å². The molecule has 7 heteroatoms. The van der Waals surface area contributed by atoms with Crippen LogP contribution in [0.25, 0.3) is 11.1 Å². The van der Waals surface area contributed by atoms with E-state index in [9.17, 15) is 14.4 Å². The molecule has 0 radical (unpaired) electrons. The molecule has 1 amide bonds. The van der Waals surface area contributed by atoms with Crippen LogP contribution in [0, 0.1) is 0 Å². The predicted molar refractivity (Wildman–Crippen MR) is 114 cm³/mol. The van der Waals surface area contributed by atoms with Crippen molar-refractivity contribution in [3.8, 4) is 16.9 Å². The highest BCUT2D eigenvalue weighted by Gasteiger charge is 2.18. The summed E-state index contributed by atoms with van der Waals surface area (Å²) < 4.78 is 10.2. The molecule has 1 heterocycles. The summed E-state index contributed by atoms with van der Waals surface area (Å²) >= 11 is 6.16. The average Bonchev–Trinajstić information content (AvgIpc) is 3.03. The summed E-state index contributed by atoms with van der Waals surface area (Å²) in [6.07, 6.45) is 4.25. The first kappa shape index (κ1) is 21.8. The summed E-state index contributed by atoms with van der Waals surface area (Å²) in [5.41, 5.74) is 2.01. The van der Waals surface area contributed by atoms with E-state index in [1.807, 2.05) is 0 Å². The van der Waals surface area contributed by atoms with Gasteiger partial charge in [0.2, 0.25) is 0 Å². The molecule has 0 saturated carbocycles. The van der Waals surface area contributed by atoms with Crippen LogP contribution in [0.15, 0.2) is 42.5 Å². The number of halogens is 1. The van der Waals surface area contributed by atoms with Crippen LogP contribution in [0.3, 0.4) is 0 Å². The van der Waals surface area contributed by atoms with E-state index in [1.165, 1.54) is 6.92 Å². The standard InChI is InChI=1S/C23H24ClNO5/c1-16(26)30-21-11-10-19(14-20(21)24)17-6-8-18(9-7-17)23(28)29-15-22(27)25-12-4-2-3-5-13-25/h6-11,14H,2-5,12-13,15H2,1H3. The minimum Gasteiger partial charge on any atom is -0.452 e. The van der Waals surface area contributed by atoms with Crippen molar-refractivity contribution in [3.63, 3.8) is 0 Å². The SMILES string of the molecule is CC(=O)Oc1ccc(-c2ccc(C(=O)OCC(=O)N3CCCCCC3)cc2)cc1Cl. The lowest BCUT2D eigenvalue weighted by molar-refractivity contribution is -0.134. The molecule has 1 fully saturated rings. The highest BCUT2D eigenvalue weighted by molar-refractivity contribution is 6.32. The number of benzene rings is 2. The lowest BCUT2D eigenvalue weighted by atomic mass is 10.0. The molecule has 1 aliphatic rings. The second-order valence-electron chi connectivity index (χ2n) is 7.19. The number of hydrogen-bond donors (Lipinski definition) is 0. The molecule has 2 aromatic rings. The third-order valence-electron chi connectivity index (χ3n) is 4.93. The second-order valence-corrected chi connectivity index (χ2v) is 7.59. The molecular formula is C23H24ClNO5. The van der Waals surface area contributed by atoms with Crippen LogP contribution < -0.4 is 4.74 Å². The fraction of sp³-hybridized carbons (Fsp3) is 0.348. The van der Waals surface area contributed by atoms with E-state index in [2.05, 4.69) is 0 Å². The summed E-state index contributed by atoms with van der Waals surface area (Å²) in [6, 6.07) is 11.9. The molecule has 0 bridgehead atoms. The van der Waals surface area contributed by atoms with Crippen molar-refractivity contribution in [1.29, 1.82) is 0 Å². The second kappa shape index (κ2) is 10.3. The van der Waals surface area contributed by atoms with Gasteiger partial charge in [0.25, 0.3) is 5.91 Å². The highest BCUT2D eigenvalue weighted by atomic mass is 35.5. The summed E-state index contributed by atoms with van der Waals surface area (Å²) in [5, 5.41) is 0.318. The Morgan fingerprint density at radius 2 is 1.57 bits per heavy atom. The van der Waals surface area contributed by atoms with Crippen molar-refractivity contribution in [2.45, 2.75) is 32.6 Å². The molecule has 1 aliphatic heterocycles. The van der Waals surface area contributed by atoms with Crippen molar-refractivity contribution >= 4 is 29.4 Å². The first-order chi connectivity index (χ1) is 14.4. The molecule has 0 unspecified atom stereocenters. The van der Waals surface area contributed by atoms with Gasteiger partial charge in [0.1, 0.15) is 5.75 Å². The molecular weight excluding hydrogens is 406 g/mol. The van der Waals surface area contributed by atoms with Gasteiger partial charge in [0.05, 0.1) is 10.6 Å². The topological polar surface area (TPSA) is 72.9 Å². The van der Waals surface area contributed by atoms with Gasteiger partial charge in [-0.05, 0) is 48.2 Å². The summed E-state index contributed by atoms with van der Waals surface area (Å²) in [7, 11) is 0. The molecule has 0 spiro atoms. The van der Waals surface area contributed by atoms with Crippen molar-refractivity contribution in [2.75, 3.05) is 19.7 Å². The first-order valence-corrected chi connectivity index (χ1v) is 10.3. The van der Waals surface area contributed by atoms with Gasteiger partial charge < -0.3 is 14.4 Å². The molecule has 1 saturated heterocycles. The Kier molecular flexibility index (Phi) is 7.46. The van der Waals surface area contributed by atoms with E-state index in [4.69, 9.17) is 21.1 Å². The van der Waals surface area contributed by atoms with Crippen LogP contribution >= 0.6 is 11.6 Å². The molecule has 158 valence electrons. The number of ether oxygens (including phenoxy) is 2. The monoisotopic (exact) mass is 429 g/mol. The molecule has 30 heavy (non-hydrogen) atoms. The Labute approximate surface area is 180 Å². The van der Waals surface area contributed by atoms with Crippen LogP contribution in [0.4, 0.5) is 0 Å². The van der Waals surface area contributed by atoms with E-state index in [0.717, 1.165) is 49.9 Å². The number of rotatable bonds is 5. The molecule has 0 N–H and O–H groups in total. The molecule has 0 aromatic heterocycles. The van der Waals surface area contributed by atoms with Crippen molar-refractivity contribution in [3.05, 3.63) is 53.1 Å². The maximum atomic E-state index is 12.3. The first-order valence-electron chi connectivity index (χ1n) is 9.97. The summed E-state index contributed by atoms with van der Waals surface area (Å²) in [5.74, 6) is -0.832. The maximum Gasteiger partial charge on any atom is 0.338 e. The highest BCUT2D eigenvalue weighted by Crippen LogP contribution is 2.30. The van der Waals surface area contributed by atoms with E-state index >= 15 is 0 Å². The van der Waals surface area contributed by atoms with E-state index < -0.39 is 11.9 Å². The van der Waals surface area contributed by atoms with Gasteiger partial charge in [-0.15, -0.1) is 0 Å². The minimum absolute atomic E-state index is 0.149. The molecule has 0 atom stereocenters. The van der Waals surface area contributed by atoms with E-state index in [1.54, 1.807) is 47.4 Å². The molecule has 3 rings (SSSR count). The van der Waals surface area contributed by atoms with Crippen LogP contribution in [-0.4, -0.2) is 42.4 Å². The van der Waals surface area contributed by atoms with Crippen molar-refractivity contribution in [1.82, 2.24) is 4.90 Å². The fourth-order valence-corrected chi connectivity index (χ4v) is 3.56. The summed E-state index contributed by atoms with van der Waals surface area (Å²) in [6.45, 7) is 2.52. The predicted octanol–water partition coefficient (Wildman–Crippen LogP) is 4.49. The largest absolute Gasteiger partial charge is 0.452 e. The Bertz CT molecular complexity index is 918. The van der Waals surface area contributed by atoms with Gasteiger partial charge in [0, 0.05) is 20.0 Å². The zero-order chi connectivity index (χ0) is 21.5. The lowest BCUT2D eigenvalue weighted by Crippen LogP contribution is -2.35. The quantitative estimate of drug-likeness (QED) is 0.517. The number of likely N-dealkylation sites (tertiary alicyclic amines) is 1. The Hall–Kier alpha value is -2.86. The van der Waals surface area contributed by atoms with Gasteiger partial charge in [-0.3, -0.25) is 9.59 Å². The number of hydrogen-bond acceptors (Lipinski definition) is 5. The Morgan fingerprint density at radius 1 is 0.933 bits per heavy atom. The van der Waals surface area contributed by atoms with Crippen molar-refractivity contribution in [2.24, 2.45) is 0 Å². The number of carbonyl (C=O) groups excluding carboxylic acids is 3. The lowest BCUT2D eigenvalue weighted by Gasteiger charge is -2.19. The third-order valence-corrected chi connectivity index (χ3v) is 5.22. The fourth-order valence-electron chi connectivity index (χ4n) is 3.34. The number of esters is 2. The average molecular weight is 430 g/mol. The van der Waals surface area contributed by atoms with Gasteiger partial charge in [-0.1, -0.05) is 42.6 Å². The van der Waals surface area contributed by atoms with E-state index in [0.29, 0.717) is 16.3 Å². The zero-order valence-corrected chi connectivity index (χ0v) is 17.6. The normalized spacial score (nSPS) is 14.0. The van der Waals surface area contributed by atoms with Crippen molar-refractivity contribution < 1.29 is 23.9 Å². The number of nitrogens with zero attached hydrogens (tertiary/aromatic N) is 1. The molecule has 2 aromatic carbocycles. The van der Waals surface area contributed by atoms with Gasteiger partial charge >= 0.3 is 11.9 Å². The van der Waals surface area contributed by atoms with E-state index in [-0.39, 0.29) is 12.5 Å². The van der Waals surface area contributed by atoms with Gasteiger partial charge in [-0.25, -0.2) is 4.79 Å². The van der Waals surface area contributed by atoms with Crippen LogP contribution in [0.5, 0.6) is 5.75 Å². The molecule has 6 nitrogen and oxygen atoms in total. The number of carbonyl (C=O) groups is 3. The molecule has 0 aliphatic carbocycles. The third kappa shape index (κ3) is 5.83. The van der Waals surface area contributed by atoms with Gasteiger partial charge in [-0.2, -0.15) is 0 Å². The maximum absolute atomic E-state index is 12.3. The van der Waals surface area contributed by atoms with Crippen LogP contribution in [0.1, 0.15) is 43.0 Å². The minimum atomic E-state index is -0.534. The van der Waals surface area contributed by atoms with Gasteiger partial charge in [0.15, 0.2) is 6.61 Å². The Balaban J connectivity index is 1.59. The number of amides is 1. The van der Waals surface area contributed by atoms with Crippen LogP contribution in [-0.2, 0) is 14.3 Å².